The summed E-state index contributed by atoms with van der Waals surface area (Å²) in [4.78, 5) is 1.04. The number of hydrogen-bond donors (Lipinski definition) is 2. The van der Waals surface area contributed by atoms with Crippen LogP contribution in [0.2, 0.25) is 0 Å². The summed E-state index contributed by atoms with van der Waals surface area (Å²) in [6, 6.07) is 6.80. The van der Waals surface area contributed by atoms with Crippen LogP contribution in [0.4, 0.5) is 5.69 Å². The van der Waals surface area contributed by atoms with Gasteiger partial charge in [-0.1, -0.05) is 6.07 Å². The average molecular weight is 307 g/mol. The van der Waals surface area contributed by atoms with Gasteiger partial charge in [0.2, 0.25) is 0 Å². The van der Waals surface area contributed by atoms with E-state index in [9.17, 15) is 0 Å². The first kappa shape index (κ1) is 14.2. The van der Waals surface area contributed by atoms with Gasteiger partial charge < -0.3 is 9.62 Å². The lowest BCUT2D eigenvalue weighted by molar-refractivity contribution is 0.795. The van der Waals surface area contributed by atoms with E-state index in [-0.39, 0.29) is 0 Å². The van der Waals surface area contributed by atoms with Crippen LogP contribution in [0.25, 0.3) is 4.91 Å². The number of thiol groups is 1. The number of nitrogens with zero attached hydrogens (tertiary/aromatic N) is 1. The van der Waals surface area contributed by atoms with E-state index in [0.29, 0.717) is 0 Å². The normalized spacial score (nSPS) is 19.4. The first-order valence-electron chi connectivity index (χ1n) is 7.34. The summed E-state index contributed by atoms with van der Waals surface area (Å²) >= 11 is 6.69. The van der Waals surface area contributed by atoms with Crippen molar-refractivity contribution >= 4 is 35.2 Å². The Bertz CT molecular complexity index is 535. The third-order valence-corrected chi connectivity index (χ3v) is 5.96. The molecule has 0 amide bonds. The molecule has 0 aromatic heterocycles. The Balaban J connectivity index is 1.88. The van der Waals surface area contributed by atoms with Crippen molar-refractivity contribution in [3.8, 4) is 0 Å². The number of anilines is 1. The minimum Gasteiger partial charge on any atom is -0.391 e. The Labute approximate surface area is 131 Å². The zero-order valence-electron chi connectivity index (χ0n) is 12.1. The predicted octanol–water partition coefficient (Wildman–Crippen LogP) is 4.09. The zero-order chi connectivity index (χ0) is 14.1. The van der Waals surface area contributed by atoms with E-state index < -0.39 is 0 Å². The van der Waals surface area contributed by atoms with Gasteiger partial charge in [-0.15, -0.1) is 12.6 Å². The molecule has 1 N–H and O–H groups in total. The molecule has 1 aromatic carbocycles. The van der Waals surface area contributed by atoms with Gasteiger partial charge in [0.25, 0.3) is 0 Å². The molecule has 3 rings (SSSR count). The fourth-order valence-corrected chi connectivity index (χ4v) is 3.99. The highest BCUT2D eigenvalue weighted by molar-refractivity contribution is 8.01. The first-order chi connectivity index (χ1) is 9.69. The summed E-state index contributed by atoms with van der Waals surface area (Å²) in [7, 11) is 1.94. The maximum atomic E-state index is 4.65. The molecule has 0 saturated heterocycles. The van der Waals surface area contributed by atoms with Crippen molar-refractivity contribution in [2.24, 2.45) is 0 Å². The summed E-state index contributed by atoms with van der Waals surface area (Å²) < 4.78 is 2.51. The Kier molecular flexibility index (Phi) is 4.22. The average Bonchev–Trinajstić information content (AvgIpc) is 3.29. The second-order valence-corrected chi connectivity index (χ2v) is 7.34. The summed E-state index contributed by atoms with van der Waals surface area (Å²) in [6.45, 7) is 3.25. The Morgan fingerprint density at radius 2 is 2.20 bits per heavy atom. The molecule has 0 unspecified atom stereocenters. The third-order valence-electron chi connectivity index (χ3n) is 3.96. The molecule has 1 aliphatic heterocycles. The lowest BCUT2D eigenvalue weighted by atomic mass is 10.0. The van der Waals surface area contributed by atoms with Crippen molar-refractivity contribution in [3.63, 3.8) is 0 Å². The van der Waals surface area contributed by atoms with Crippen LogP contribution in [-0.4, -0.2) is 18.8 Å². The van der Waals surface area contributed by atoms with Gasteiger partial charge in [0, 0.05) is 29.4 Å². The van der Waals surface area contributed by atoms with Gasteiger partial charge in [0.15, 0.2) is 0 Å². The van der Waals surface area contributed by atoms with Gasteiger partial charge in [-0.3, -0.25) is 0 Å². The maximum Gasteiger partial charge on any atom is 0.0502 e. The van der Waals surface area contributed by atoms with Crippen LogP contribution in [0.1, 0.15) is 37.3 Å². The fourth-order valence-electron chi connectivity index (χ4n) is 2.51. The quantitative estimate of drug-likeness (QED) is 0.644. The van der Waals surface area contributed by atoms with Crippen LogP contribution in [0.15, 0.2) is 23.9 Å². The van der Waals surface area contributed by atoms with Gasteiger partial charge in [-0.05, 0) is 67.8 Å². The molecule has 20 heavy (non-hydrogen) atoms. The summed E-state index contributed by atoms with van der Waals surface area (Å²) in [5.74, 6) is 0. The molecule has 1 heterocycles. The highest BCUT2D eigenvalue weighted by Gasteiger charge is 2.28. The molecular weight excluding hydrogens is 284 g/mol. The smallest absolute Gasteiger partial charge is 0.0502 e. The van der Waals surface area contributed by atoms with Gasteiger partial charge in [-0.25, -0.2) is 0 Å². The van der Waals surface area contributed by atoms with Crippen LogP contribution in [0.5, 0.6) is 0 Å². The Morgan fingerprint density at radius 1 is 1.40 bits per heavy atom. The van der Waals surface area contributed by atoms with Crippen molar-refractivity contribution in [3.05, 3.63) is 35.0 Å². The maximum absolute atomic E-state index is 4.65. The molecular formula is C16H22N2S2. The van der Waals surface area contributed by atoms with Crippen LogP contribution >= 0.6 is 24.6 Å². The van der Waals surface area contributed by atoms with E-state index >= 15 is 0 Å². The van der Waals surface area contributed by atoms with E-state index in [4.69, 9.17) is 0 Å². The number of benzene rings is 1. The molecule has 1 saturated carbocycles. The lowest BCUT2D eigenvalue weighted by Crippen LogP contribution is -2.23. The topological polar surface area (TPSA) is 15.3 Å². The van der Waals surface area contributed by atoms with Crippen molar-refractivity contribution < 1.29 is 0 Å². The number of hydrogen-bond acceptors (Lipinski definition) is 4. The number of rotatable bonds is 4. The van der Waals surface area contributed by atoms with Crippen molar-refractivity contribution in [2.45, 2.75) is 37.9 Å². The first-order valence-corrected chi connectivity index (χ1v) is 8.62. The highest BCUT2D eigenvalue weighted by atomic mass is 32.2. The van der Waals surface area contributed by atoms with Crippen LogP contribution in [0, 0.1) is 0 Å². The lowest BCUT2D eigenvalue weighted by Gasteiger charge is -2.30. The van der Waals surface area contributed by atoms with Crippen molar-refractivity contribution in [1.29, 1.82) is 0 Å². The second-order valence-electron chi connectivity index (χ2n) is 5.58. The van der Waals surface area contributed by atoms with Crippen molar-refractivity contribution in [1.82, 2.24) is 5.32 Å². The Morgan fingerprint density at radius 3 is 2.90 bits per heavy atom. The van der Waals surface area contributed by atoms with E-state index in [1.165, 1.54) is 49.0 Å². The van der Waals surface area contributed by atoms with Gasteiger partial charge in [-0.2, -0.15) is 0 Å². The molecule has 0 atom stereocenters. The van der Waals surface area contributed by atoms with Crippen molar-refractivity contribution in [2.75, 3.05) is 17.9 Å². The van der Waals surface area contributed by atoms with Gasteiger partial charge >= 0.3 is 0 Å². The van der Waals surface area contributed by atoms with Crippen LogP contribution < -0.4 is 9.62 Å². The monoisotopic (exact) mass is 306 g/mol. The highest BCUT2D eigenvalue weighted by Crippen LogP contribution is 2.42. The molecule has 108 valence electrons. The standard InChI is InChI=1S/C16H22N2S2/c1-11(17-2)16(19)13-5-8-15-12(10-13)4-3-9-18(15)20-14-6-7-14/h5,8,10,14,17,19H,3-4,6-7,9H2,1-2H3/b16-11-. The largest absolute Gasteiger partial charge is 0.391 e. The summed E-state index contributed by atoms with van der Waals surface area (Å²) in [5.41, 5.74) is 5.23. The minimum atomic E-state index is 0.868. The number of fused-ring (bicyclic) bond motifs is 1. The molecule has 4 heteroatoms. The Hall–Kier alpha value is -0.740. The third kappa shape index (κ3) is 2.96. The van der Waals surface area contributed by atoms with Crippen LogP contribution in [0.3, 0.4) is 0 Å². The molecule has 1 fully saturated rings. The molecule has 2 aliphatic rings. The molecule has 1 aromatic rings. The van der Waals surface area contributed by atoms with E-state index in [2.05, 4.69) is 47.4 Å². The molecule has 2 nitrogen and oxygen atoms in total. The minimum absolute atomic E-state index is 0.868. The number of nitrogens with one attached hydrogen (secondary N) is 1. The second kappa shape index (κ2) is 5.94. The van der Waals surface area contributed by atoms with E-state index in [1.807, 2.05) is 19.0 Å². The summed E-state index contributed by atoms with van der Waals surface area (Å²) in [5, 5.41) is 4.04. The van der Waals surface area contributed by atoms with Gasteiger partial charge in [0.1, 0.15) is 0 Å². The molecule has 0 spiro atoms. The predicted molar refractivity (Wildman–Crippen MR) is 93.4 cm³/mol. The summed E-state index contributed by atoms with van der Waals surface area (Å²) in [6.07, 6.45) is 5.22. The molecule has 1 aliphatic carbocycles. The molecule has 0 radical (unpaired) electrons. The number of allylic oxidation sites excluding steroid dienone is 1. The van der Waals surface area contributed by atoms with Gasteiger partial charge in [0.05, 0.1) is 5.69 Å². The van der Waals surface area contributed by atoms with E-state index in [0.717, 1.165) is 15.9 Å². The van der Waals surface area contributed by atoms with E-state index in [1.54, 1.807) is 0 Å². The van der Waals surface area contributed by atoms with Crippen LogP contribution in [-0.2, 0) is 6.42 Å². The number of aryl methyl sites for hydroxylation is 1. The molecule has 0 bridgehead atoms. The SMILES string of the molecule is CN/C(C)=C(\S)c1ccc2c(c1)CCCN2SC1CC1. The zero-order valence-corrected chi connectivity index (χ0v) is 13.9. The fraction of sp³-hybridized carbons (Fsp3) is 0.500.